The second-order valence-corrected chi connectivity index (χ2v) is 7.11. The predicted molar refractivity (Wildman–Crippen MR) is 119 cm³/mol. The van der Waals surface area contributed by atoms with Crippen molar-refractivity contribution in [3.8, 4) is 11.5 Å². The van der Waals surface area contributed by atoms with Crippen molar-refractivity contribution >= 4 is 23.3 Å². The van der Waals surface area contributed by atoms with Gasteiger partial charge in [0, 0.05) is 5.70 Å². The molecule has 0 aromatic heterocycles. The van der Waals surface area contributed by atoms with E-state index in [9.17, 15) is 4.79 Å². The molecule has 0 radical (unpaired) electrons. The molecule has 1 aliphatic heterocycles. The van der Waals surface area contributed by atoms with Crippen molar-refractivity contribution in [2.75, 3.05) is 13.2 Å². The van der Waals surface area contributed by atoms with E-state index < -0.39 is 6.04 Å². The molecule has 0 saturated carbocycles. The van der Waals surface area contributed by atoms with Crippen molar-refractivity contribution in [3.63, 3.8) is 0 Å². The number of esters is 1. The van der Waals surface area contributed by atoms with Gasteiger partial charge in [0.25, 0.3) is 0 Å². The van der Waals surface area contributed by atoms with Crippen LogP contribution in [0.3, 0.4) is 0 Å². The van der Waals surface area contributed by atoms with Crippen LogP contribution in [-0.4, -0.2) is 24.3 Å². The maximum Gasteiger partial charge on any atom is 0.338 e. The molecule has 2 aromatic rings. The third kappa shape index (κ3) is 5.10. The van der Waals surface area contributed by atoms with Gasteiger partial charge >= 0.3 is 5.97 Å². The summed E-state index contributed by atoms with van der Waals surface area (Å²) in [7, 11) is 0. The monoisotopic (exact) mass is 426 g/mol. The molecule has 30 heavy (non-hydrogen) atoms. The van der Waals surface area contributed by atoms with Crippen LogP contribution in [0.2, 0.25) is 0 Å². The highest BCUT2D eigenvalue weighted by Crippen LogP contribution is 2.35. The van der Waals surface area contributed by atoms with E-state index in [1.54, 1.807) is 6.92 Å². The van der Waals surface area contributed by atoms with Crippen LogP contribution in [0.5, 0.6) is 11.5 Å². The maximum absolute atomic E-state index is 12.6. The Morgan fingerprint density at radius 3 is 2.50 bits per heavy atom. The van der Waals surface area contributed by atoms with Crippen LogP contribution in [-0.2, 0) is 16.1 Å². The minimum Gasteiger partial charge on any atom is -0.490 e. The van der Waals surface area contributed by atoms with Gasteiger partial charge in [-0.2, -0.15) is 0 Å². The Morgan fingerprint density at radius 1 is 1.03 bits per heavy atom. The number of nitrogens with one attached hydrogen (secondary N) is 2. The molecule has 0 saturated heterocycles. The average Bonchev–Trinajstić information content (AvgIpc) is 2.73. The lowest BCUT2D eigenvalue weighted by Gasteiger charge is -2.30. The number of benzene rings is 2. The normalized spacial score (nSPS) is 15.8. The number of hydrogen-bond donors (Lipinski definition) is 2. The Bertz CT molecular complexity index is 943. The zero-order valence-electron chi connectivity index (χ0n) is 17.4. The van der Waals surface area contributed by atoms with Crippen molar-refractivity contribution < 1.29 is 19.0 Å². The summed E-state index contributed by atoms with van der Waals surface area (Å²) >= 11 is 5.31. The molecule has 0 unspecified atom stereocenters. The quantitative estimate of drug-likeness (QED) is 0.488. The van der Waals surface area contributed by atoms with Gasteiger partial charge in [0.05, 0.1) is 24.8 Å². The van der Waals surface area contributed by atoms with Gasteiger partial charge in [-0.1, -0.05) is 36.4 Å². The molecule has 1 atom stereocenters. The van der Waals surface area contributed by atoms with Crippen molar-refractivity contribution in [2.24, 2.45) is 0 Å². The van der Waals surface area contributed by atoms with Crippen LogP contribution in [0.25, 0.3) is 0 Å². The largest absolute Gasteiger partial charge is 0.490 e. The second-order valence-electron chi connectivity index (χ2n) is 6.70. The molecule has 7 heteroatoms. The van der Waals surface area contributed by atoms with Crippen LogP contribution in [0.1, 0.15) is 37.9 Å². The molecule has 2 aromatic carbocycles. The van der Waals surface area contributed by atoms with E-state index in [0.717, 1.165) is 11.1 Å². The number of allylic oxidation sites excluding steroid dienone is 1. The van der Waals surface area contributed by atoms with Gasteiger partial charge in [0.1, 0.15) is 6.61 Å². The Hall–Kier alpha value is -3.06. The fourth-order valence-corrected chi connectivity index (χ4v) is 3.52. The number of carbonyl (C=O) groups excluding carboxylic acids is 1. The number of hydrogen-bond acceptors (Lipinski definition) is 5. The Morgan fingerprint density at radius 2 is 1.80 bits per heavy atom. The summed E-state index contributed by atoms with van der Waals surface area (Å²) in [5.74, 6) is 0.863. The van der Waals surface area contributed by atoms with Crippen LogP contribution >= 0.6 is 12.2 Å². The van der Waals surface area contributed by atoms with Crippen molar-refractivity contribution in [3.05, 3.63) is 70.9 Å². The van der Waals surface area contributed by atoms with Crippen LogP contribution in [0.15, 0.2) is 59.8 Å². The first kappa shape index (κ1) is 21.6. The highest BCUT2D eigenvalue weighted by Gasteiger charge is 2.31. The molecule has 0 spiro atoms. The molecule has 0 aliphatic carbocycles. The molecule has 1 heterocycles. The van der Waals surface area contributed by atoms with Crippen LogP contribution in [0.4, 0.5) is 0 Å². The van der Waals surface area contributed by atoms with E-state index in [-0.39, 0.29) is 5.97 Å². The summed E-state index contributed by atoms with van der Waals surface area (Å²) in [5.41, 5.74) is 3.06. The maximum atomic E-state index is 12.6. The standard InChI is InChI=1S/C23H26N2O4S/c1-4-27-19-13-17(11-12-18(19)29-14-16-9-7-6-8-10-16)21-20(22(26)28-5-2)15(3)24-23(30)25-21/h6-13,21H,4-5,14H2,1-3H3,(H2,24,25,30)/t21-/m0/s1. The van der Waals surface area contributed by atoms with E-state index in [2.05, 4.69) is 10.6 Å². The van der Waals surface area contributed by atoms with Gasteiger partial charge < -0.3 is 24.8 Å². The van der Waals surface area contributed by atoms with Crippen molar-refractivity contribution in [1.82, 2.24) is 10.6 Å². The lowest BCUT2D eigenvalue weighted by atomic mass is 9.95. The fraction of sp³-hybridized carbons (Fsp3) is 0.304. The minimum absolute atomic E-state index is 0.295. The van der Waals surface area contributed by atoms with Crippen molar-refractivity contribution in [1.29, 1.82) is 0 Å². The van der Waals surface area contributed by atoms with Gasteiger partial charge in [-0.25, -0.2) is 4.79 Å². The topological polar surface area (TPSA) is 68.8 Å². The smallest absolute Gasteiger partial charge is 0.338 e. The average molecular weight is 427 g/mol. The molecule has 2 N–H and O–H groups in total. The van der Waals surface area contributed by atoms with Gasteiger partial charge in [0.2, 0.25) is 0 Å². The van der Waals surface area contributed by atoms with Gasteiger partial charge in [-0.05, 0) is 56.2 Å². The van der Waals surface area contributed by atoms with E-state index in [1.165, 1.54) is 0 Å². The molecular formula is C23H26N2O4S. The molecule has 0 amide bonds. The lowest BCUT2D eigenvalue weighted by Crippen LogP contribution is -2.45. The summed E-state index contributed by atoms with van der Waals surface area (Å²) in [6.45, 7) is 6.73. The molecule has 6 nitrogen and oxygen atoms in total. The molecule has 1 aliphatic rings. The van der Waals surface area contributed by atoms with Crippen molar-refractivity contribution in [2.45, 2.75) is 33.4 Å². The van der Waals surface area contributed by atoms with Gasteiger partial charge in [-0.3, -0.25) is 0 Å². The highest BCUT2D eigenvalue weighted by atomic mass is 32.1. The number of ether oxygens (including phenoxy) is 3. The van der Waals surface area contributed by atoms with Crippen LogP contribution < -0.4 is 20.1 Å². The van der Waals surface area contributed by atoms with E-state index in [0.29, 0.717) is 47.7 Å². The zero-order chi connectivity index (χ0) is 21.5. The summed E-state index contributed by atoms with van der Waals surface area (Å²) in [5, 5.41) is 6.62. The Kier molecular flexibility index (Phi) is 7.30. The number of carbonyl (C=O) groups is 1. The minimum atomic E-state index is -0.444. The highest BCUT2D eigenvalue weighted by molar-refractivity contribution is 7.80. The molecule has 158 valence electrons. The zero-order valence-corrected chi connectivity index (χ0v) is 18.2. The Labute approximate surface area is 182 Å². The summed E-state index contributed by atoms with van der Waals surface area (Å²) in [4.78, 5) is 12.6. The first-order valence-corrected chi connectivity index (χ1v) is 10.3. The Balaban J connectivity index is 1.90. The second kappa shape index (κ2) is 10.1. The van der Waals surface area contributed by atoms with E-state index in [1.807, 2.05) is 62.4 Å². The molecule has 0 bridgehead atoms. The van der Waals surface area contributed by atoms with Gasteiger partial charge in [0.15, 0.2) is 16.6 Å². The fourth-order valence-electron chi connectivity index (χ4n) is 3.25. The third-order valence-corrected chi connectivity index (χ3v) is 4.82. The number of rotatable bonds is 8. The lowest BCUT2D eigenvalue weighted by molar-refractivity contribution is -0.139. The predicted octanol–water partition coefficient (Wildman–Crippen LogP) is 4.02. The SMILES string of the molecule is CCOC(=O)C1=C(C)NC(=S)N[C@H]1c1ccc(OCc2ccccc2)c(OCC)c1. The molecule has 0 fully saturated rings. The first-order valence-electron chi connectivity index (χ1n) is 9.92. The summed E-state index contributed by atoms with van der Waals surface area (Å²) in [6, 6.07) is 15.1. The summed E-state index contributed by atoms with van der Waals surface area (Å²) in [6.07, 6.45) is 0. The molecule has 3 rings (SSSR count). The third-order valence-electron chi connectivity index (χ3n) is 4.60. The number of thiocarbonyl (C=S) groups is 1. The van der Waals surface area contributed by atoms with E-state index >= 15 is 0 Å². The van der Waals surface area contributed by atoms with E-state index in [4.69, 9.17) is 26.4 Å². The first-order chi connectivity index (χ1) is 14.5. The van der Waals surface area contributed by atoms with Gasteiger partial charge in [-0.15, -0.1) is 0 Å². The van der Waals surface area contributed by atoms with Crippen LogP contribution in [0, 0.1) is 0 Å². The summed E-state index contributed by atoms with van der Waals surface area (Å²) < 4.78 is 17.1. The molecular weight excluding hydrogens is 400 g/mol.